The third-order valence-electron chi connectivity index (χ3n) is 3.09. The highest BCUT2D eigenvalue weighted by molar-refractivity contribution is 5.82. The zero-order chi connectivity index (χ0) is 11.3. The Labute approximate surface area is 93.2 Å². The maximum absolute atomic E-state index is 11.9. The van der Waals surface area contributed by atoms with Crippen molar-refractivity contribution in [3.63, 3.8) is 0 Å². The van der Waals surface area contributed by atoms with Gasteiger partial charge in [0.25, 0.3) is 0 Å². The molecular formula is C12H24N2O. The van der Waals surface area contributed by atoms with E-state index in [0.717, 1.165) is 38.3 Å². The summed E-state index contributed by atoms with van der Waals surface area (Å²) in [6, 6.07) is 0.0674. The minimum Gasteiger partial charge on any atom is -0.341 e. The van der Waals surface area contributed by atoms with E-state index in [-0.39, 0.29) is 6.04 Å². The van der Waals surface area contributed by atoms with Gasteiger partial charge in [-0.3, -0.25) is 4.79 Å². The molecule has 88 valence electrons. The molecule has 1 atom stereocenters. The Morgan fingerprint density at radius 2 is 2.27 bits per heavy atom. The number of likely N-dealkylation sites (N-methyl/N-ethyl adjacent to an activating group) is 1. The maximum atomic E-state index is 11.9. The minimum absolute atomic E-state index is 0.0674. The van der Waals surface area contributed by atoms with Crippen molar-refractivity contribution < 1.29 is 4.79 Å². The smallest absolute Gasteiger partial charge is 0.239 e. The molecule has 0 aromatic rings. The fourth-order valence-electron chi connectivity index (χ4n) is 2.12. The number of amides is 1. The summed E-state index contributed by atoms with van der Waals surface area (Å²) in [5.74, 6) is 1.04. The Hall–Kier alpha value is -0.570. The van der Waals surface area contributed by atoms with Crippen LogP contribution in [0.25, 0.3) is 0 Å². The van der Waals surface area contributed by atoms with Crippen molar-refractivity contribution in [2.24, 2.45) is 5.92 Å². The van der Waals surface area contributed by atoms with Crippen LogP contribution < -0.4 is 5.32 Å². The molecule has 0 aromatic heterocycles. The SMILES string of the molecule is CNC1CCCN(CCCC(C)C)C1=O. The fraction of sp³-hybridized carbons (Fsp3) is 0.917. The van der Waals surface area contributed by atoms with Gasteiger partial charge in [0.1, 0.15) is 0 Å². The normalized spacial score (nSPS) is 22.5. The molecule has 0 saturated carbocycles. The van der Waals surface area contributed by atoms with Crippen molar-refractivity contribution in [3.8, 4) is 0 Å². The van der Waals surface area contributed by atoms with Gasteiger partial charge in [-0.15, -0.1) is 0 Å². The molecule has 0 aliphatic carbocycles. The number of nitrogens with one attached hydrogen (secondary N) is 1. The lowest BCUT2D eigenvalue weighted by Gasteiger charge is -2.32. The van der Waals surface area contributed by atoms with Gasteiger partial charge in [-0.05, 0) is 38.6 Å². The molecule has 1 fully saturated rings. The van der Waals surface area contributed by atoms with E-state index in [4.69, 9.17) is 0 Å². The lowest BCUT2D eigenvalue weighted by molar-refractivity contribution is -0.135. The second-order valence-corrected chi connectivity index (χ2v) is 4.84. The average molecular weight is 212 g/mol. The summed E-state index contributed by atoms with van der Waals surface area (Å²) in [7, 11) is 1.88. The van der Waals surface area contributed by atoms with Gasteiger partial charge in [-0.2, -0.15) is 0 Å². The fourth-order valence-corrected chi connectivity index (χ4v) is 2.12. The number of nitrogens with zero attached hydrogens (tertiary/aromatic N) is 1. The van der Waals surface area contributed by atoms with Gasteiger partial charge in [-0.25, -0.2) is 0 Å². The van der Waals surface area contributed by atoms with E-state index in [0.29, 0.717) is 5.91 Å². The maximum Gasteiger partial charge on any atom is 0.239 e. The predicted molar refractivity (Wildman–Crippen MR) is 62.7 cm³/mol. The summed E-state index contributed by atoms with van der Waals surface area (Å²) < 4.78 is 0. The number of carbonyl (C=O) groups excluding carboxylic acids is 1. The third-order valence-corrected chi connectivity index (χ3v) is 3.09. The molecule has 0 bridgehead atoms. The molecule has 15 heavy (non-hydrogen) atoms. The molecule has 3 nitrogen and oxygen atoms in total. The quantitative estimate of drug-likeness (QED) is 0.751. The topological polar surface area (TPSA) is 32.3 Å². The van der Waals surface area contributed by atoms with Gasteiger partial charge in [0.05, 0.1) is 6.04 Å². The molecule has 1 N–H and O–H groups in total. The Kier molecular flexibility index (Phi) is 5.09. The number of piperidine rings is 1. The van der Waals surface area contributed by atoms with Crippen molar-refractivity contribution in [1.82, 2.24) is 10.2 Å². The van der Waals surface area contributed by atoms with Crippen molar-refractivity contribution >= 4 is 5.91 Å². The van der Waals surface area contributed by atoms with Crippen LogP contribution in [-0.4, -0.2) is 37.0 Å². The Morgan fingerprint density at radius 3 is 2.87 bits per heavy atom. The molecule has 1 heterocycles. The van der Waals surface area contributed by atoms with E-state index in [2.05, 4.69) is 19.2 Å². The Balaban J connectivity index is 2.31. The summed E-state index contributed by atoms with van der Waals surface area (Å²) in [5.41, 5.74) is 0. The van der Waals surface area contributed by atoms with E-state index in [1.54, 1.807) is 0 Å². The highest BCUT2D eigenvalue weighted by Crippen LogP contribution is 2.13. The number of likely N-dealkylation sites (tertiary alicyclic amines) is 1. The van der Waals surface area contributed by atoms with Crippen LogP contribution in [0.2, 0.25) is 0 Å². The van der Waals surface area contributed by atoms with Crippen LogP contribution in [0.3, 0.4) is 0 Å². The molecule has 1 aliphatic heterocycles. The van der Waals surface area contributed by atoms with E-state index in [1.165, 1.54) is 6.42 Å². The summed E-state index contributed by atoms with van der Waals surface area (Å²) in [5, 5.41) is 3.09. The molecule has 0 aromatic carbocycles. The summed E-state index contributed by atoms with van der Waals surface area (Å²) >= 11 is 0. The second kappa shape index (κ2) is 6.11. The van der Waals surface area contributed by atoms with Gasteiger partial charge in [0.2, 0.25) is 5.91 Å². The number of hydrogen-bond acceptors (Lipinski definition) is 2. The van der Waals surface area contributed by atoms with E-state index >= 15 is 0 Å². The standard InChI is InChI=1S/C12H24N2O/c1-10(2)6-4-8-14-9-5-7-11(13-3)12(14)15/h10-11,13H,4-9H2,1-3H3. The van der Waals surface area contributed by atoms with Crippen molar-refractivity contribution in [3.05, 3.63) is 0 Å². The summed E-state index contributed by atoms with van der Waals surface area (Å²) in [6.07, 6.45) is 4.49. The van der Waals surface area contributed by atoms with Crippen LogP contribution >= 0.6 is 0 Å². The monoisotopic (exact) mass is 212 g/mol. The highest BCUT2D eigenvalue weighted by atomic mass is 16.2. The molecule has 0 spiro atoms. The van der Waals surface area contributed by atoms with E-state index in [9.17, 15) is 4.79 Å². The lowest BCUT2D eigenvalue weighted by atomic mass is 10.0. The number of rotatable bonds is 5. The molecule has 1 unspecified atom stereocenters. The van der Waals surface area contributed by atoms with Crippen molar-refractivity contribution in [2.45, 2.75) is 45.6 Å². The van der Waals surface area contributed by atoms with Crippen LogP contribution in [-0.2, 0) is 4.79 Å². The van der Waals surface area contributed by atoms with Crippen molar-refractivity contribution in [1.29, 1.82) is 0 Å². The molecular weight excluding hydrogens is 188 g/mol. The largest absolute Gasteiger partial charge is 0.341 e. The van der Waals surface area contributed by atoms with E-state index in [1.807, 2.05) is 11.9 Å². The Morgan fingerprint density at radius 1 is 1.53 bits per heavy atom. The molecule has 1 amide bonds. The number of carbonyl (C=O) groups is 1. The minimum atomic E-state index is 0.0674. The second-order valence-electron chi connectivity index (χ2n) is 4.84. The molecule has 3 heteroatoms. The van der Waals surface area contributed by atoms with Gasteiger partial charge >= 0.3 is 0 Å². The molecule has 1 rings (SSSR count). The van der Waals surface area contributed by atoms with Crippen LogP contribution in [0, 0.1) is 5.92 Å². The summed E-state index contributed by atoms with van der Waals surface area (Å²) in [4.78, 5) is 13.9. The average Bonchev–Trinajstić information content (AvgIpc) is 2.20. The molecule has 0 radical (unpaired) electrons. The summed E-state index contributed by atoms with van der Waals surface area (Å²) in [6.45, 7) is 6.35. The first kappa shape index (κ1) is 12.5. The van der Waals surface area contributed by atoms with Crippen LogP contribution in [0.15, 0.2) is 0 Å². The van der Waals surface area contributed by atoms with Gasteiger partial charge in [-0.1, -0.05) is 13.8 Å². The predicted octanol–water partition coefficient (Wildman–Crippen LogP) is 1.63. The zero-order valence-corrected chi connectivity index (χ0v) is 10.3. The lowest BCUT2D eigenvalue weighted by Crippen LogP contribution is -2.49. The number of hydrogen-bond donors (Lipinski definition) is 1. The first-order valence-electron chi connectivity index (χ1n) is 6.11. The first-order chi connectivity index (χ1) is 7.15. The first-order valence-corrected chi connectivity index (χ1v) is 6.11. The van der Waals surface area contributed by atoms with Crippen LogP contribution in [0.5, 0.6) is 0 Å². The molecule has 1 saturated heterocycles. The van der Waals surface area contributed by atoms with Crippen LogP contribution in [0.1, 0.15) is 39.5 Å². The molecule has 1 aliphatic rings. The highest BCUT2D eigenvalue weighted by Gasteiger charge is 2.26. The van der Waals surface area contributed by atoms with Crippen molar-refractivity contribution in [2.75, 3.05) is 20.1 Å². The Bertz CT molecular complexity index is 204. The van der Waals surface area contributed by atoms with Gasteiger partial charge < -0.3 is 10.2 Å². The van der Waals surface area contributed by atoms with Gasteiger partial charge in [0, 0.05) is 13.1 Å². The van der Waals surface area contributed by atoms with Gasteiger partial charge in [0.15, 0.2) is 0 Å². The van der Waals surface area contributed by atoms with E-state index < -0.39 is 0 Å². The third kappa shape index (κ3) is 3.82. The van der Waals surface area contributed by atoms with Crippen LogP contribution in [0.4, 0.5) is 0 Å². The zero-order valence-electron chi connectivity index (χ0n) is 10.3.